The summed E-state index contributed by atoms with van der Waals surface area (Å²) in [4.78, 5) is 44.6. The summed E-state index contributed by atoms with van der Waals surface area (Å²) in [6.07, 6.45) is 0.778. The average Bonchev–Trinajstić information content (AvgIpc) is 3.56. The zero-order valence-electron chi connectivity index (χ0n) is 17.9. The van der Waals surface area contributed by atoms with Crippen molar-refractivity contribution >= 4 is 63.8 Å². The number of anilines is 1. The second-order valence-electron chi connectivity index (χ2n) is 9.59. The molecule has 2 aliphatic heterocycles. The molecule has 2 amide bonds. The molecular weight excluding hydrogens is 530 g/mol. The molecule has 10 heteroatoms. The molecule has 2 bridgehead atoms. The predicted octanol–water partition coefficient (Wildman–Crippen LogP) is 5.56. The first kappa shape index (κ1) is 22.1. The second-order valence-corrected chi connectivity index (χ2v) is 12.6. The Bertz CT molecular complexity index is 1470. The van der Waals surface area contributed by atoms with Gasteiger partial charge in [0.25, 0.3) is 0 Å². The van der Waals surface area contributed by atoms with E-state index in [0.29, 0.717) is 15.7 Å². The Morgan fingerprint density at radius 3 is 2.43 bits per heavy atom. The zero-order valence-corrected chi connectivity index (χ0v) is 21.1. The lowest BCUT2D eigenvalue weighted by atomic mass is 9.68. The monoisotopic (exact) mass is 546 g/mol. The van der Waals surface area contributed by atoms with E-state index in [1.54, 1.807) is 17.8 Å². The van der Waals surface area contributed by atoms with E-state index in [0.717, 1.165) is 21.9 Å². The number of imide groups is 1. The molecule has 4 aliphatic rings. The predicted molar refractivity (Wildman–Crippen MR) is 134 cm³/mol. The minimum atomic E-state index is -0.433. The number of thioether (sulfide) groups is 1. The number of thiazole rings is 1. The van der Waals surface area contributed by atoms with Crippen LogP contribution in [-0.2, 0) is 9.59 Å². The molecule has 1 N–H and O–H groups in total. The number of aromatic nitrogens is 1. The van der Waals surface area contributed by atoms with Crippen LogP contribution in [0.15, 0.2) is 52.3 Å². The second kappa shape index (κ2) is 7.68. The number of H-pyrrole nitrogens is 1. The molecule has 35 heavy (non-hydrogen) atoms. The van der Waals surface area contributed by atoms with E-state index >= 15 is 0 Å². The van der Waals surface area contributed by atoms with E-state index in [1.807, 2.05) is 12.1 Å². The quantitative estimate of drug-likeness (QED) is 0.427. The minimum absolute atomic E-state index is 0.00101. The van der Waals surface area contributed by atoms with Gasteiger partial charge in [-0.15, -0.1) is 11.8 Å². The molecule has 2 saturated carbocycles. The lowest BCUT2D eigenvalue weighted by Crippen LogP contribution is -2.42. The van der Waals surface area contributed by atoms with Gasteiger partial charge in [0.15, 0.2) is 0 Å². The van der Waals surface area contributed by atoms with Gasteiger partial charge in [0.2, 0.25) is 11.8 Å². The fraction of sp³-hybridized carbons (Fsp3) is 0.320. The number of hydrogen-bond acceptors (Lipinski definition) is 5. The summed E-state index contributed by atoms with van der Waals surface area (Å²) in [6.45, 7) is 0. The Labute approximate surface area is 217 Å². The minimum Gasteiger partial charge on any atom is -0.307 e. The van der Waals surface area contributed by atoms with Gasteiger partial charge < -0.3 is 4.98 Å². The van der Waals surface area contributed by atoms with Crippen molar-refractivity contribution < 1.29 is 14.0 Å². The molecule has 3 aromatic rings. The van der Waals surface area contributed by atoms with Crippen LogP contribution >= 0.6 is 46.3 Å². The summed E-state index contributed by atoms with van der Waals surface area (Å²) < 4.78 is 13.5. The maximum absolute atomic E-state index is 13.7. The van der Waals surface area contributed by atoms with Gasteiger partial charge in [-0.2, -0.15) is 0 Å². The number of carbonyl (C=O) groups is 2. The molecule has 0 radical (unpaired) electrons. The van der Waals surface area contributed by atoms with Crippen LogP contribution in [0.1, 0.15) is 22.8 Å². The van der Waals surface area contributed by atoms with Crippen molar-refractivity contribution in [3.05, 3.63) is 78.4 Å². The van der Waals surface area contributed by atoms with Crippen LogP contribution in [0.4, 0.5) is 10.1 Å². The van der Waals surface area contributed by atoms with Gasteiger partial charge in [-0.05, 0) is 60.1 Å². The average molecular weight is 547 g/mol. The maximum Gasteiger partial charge on any atom is 0.305 e. The molecule has 1 aromatic heterocycles. The molecule has 5 nitrogen and oxygen atoms in total. The maximum atomic E-state index is 13.7. The van der Waals surface area contributed by atoms with E-state index < -0.39 is 17.7 Å². The van der Waals surface area contributed by atoms with Crippen molar-refractivity contribution in [3.8, 4) is 0 Å². The molecule has 178 valence electrons. The van der Waals surface area contributed by atoms with Crippen LogP contribution in [0.5, 0.6) is 0 Å². The third kappa shape index (κ3) is 2.97. The number of halogens is 3. The first-order valence-corrected chi connectivity index (χ1v) is 13.8. The van der Waals surface area contributed by atoms with E-state index in [1.165, 1.54) is 40.5 Å². The molecule has 2 aromatic carbocycles. The van der Waals surface area contributed by atoms with Crippen molar-refractivity contribution in [1.29, 1.82) is 0 Å². The fourth-order valence-electron chi connectivity index (χ4n) is 6.97. The number of rotatable bonds is 2. The third-order valence-corrected chi connectivity index (χ3v) is 11.5. The molecule has 7 rings (SSSR count). The van der Waals surface area contributed by atoms with Gasteiger partial charge in [-0.1, -0.05) is 46.7 Å². The molecule has 6 unspecified atom stereocenters. The highest BCUT2D eigenvalue weighted by Gasteiger charge is 2.69. The molecular formula is C25H17Cl2FN2O3S2. The highest BCUT2D eigenvalue weighted by atomic mass is 35.5. The summed E-state index contributed by atoms with van der Waals surface area (Å²) in [5, 5.41) is 1.78. The molecule has 3 fully saturated rings. The molecule has 0 spiro atoms. The number of fused-ring (bicyclic) bond motifs is 9. The standard InChI is InChI=1S/C25H17Cl2FN2O3S2/c26-14-3-1-2-11(19(14)27)15-16-12-8-13(20(16)34-22-21(15)35-25(33)29-22)18-17(12)23(31)30(24(18)32)10-6-4-9(28)5-7-10/h1-7,12-13,15-18,20H,8H2,(H,29,33)/t12?,13?,15-,16?,17?,18?,20?/m1/s1. The van der Waals surface area contributed by atoms with Crippen LogP contribution < -0.4 is 9.77 Å². The number of benzene rings is 2. The first-order chi connectivity index (χ1) is 16.8. The number of nitrogens with one attached hydrogen (secondary N) is 1. The highest BCUT2D eigenvalue weighted by molar-refractivity contribution is 8.00. The fourth-order valence-corrected chi connectivity index (χ4v) is 10.3. The zero-order chi connectivity index (χ0) is 24.2. The highest BCUT2D eigenvalue weighted by Crippen LogP contribution is 2.69. The van der Waals surface area contributed by atoms with Gasteiger partial charge in [-0.25, -0.2) is 4.39 Å². The summed E-state index contributed by atoms with van der Waals surface area (Å²) in [7, 11) is 0. The normalized spacial score (nSPS) is 32.7. The van der Waals surface area contributed by atoms with Crippen LogP contribution in [0.3, 0.4) is 0 Å². The Morgan fingerprint density at radius 1 is 0.971 bits per heavy atom. The lowest BCUT2D eigenvalue weighted by Gasteiger charge is -2.43. The Hall–Kier alpha value is -2.13. The molecule has 7 atom stereocenters. The van der Waals surface area contributed by atoms with E-state index in [-0.39, 0.29) is 45.6 Å². The SMILES string of the molecule is O=C1C2C3CC(C2C(=O)N1c1ccc(F)cc1)C1C3Sc2[nH]c(=O)sc2[C@@H]1c1cccc(Cl)c1Cl. The summed E-state index contributed by atoms with van der Waals surface area (Å²) >= 11 is 15.9. The van der Waals surface area contributed by atoms with Gasteiger partial charge in [0.05, 0.1) is 32.6 Å². The van der Waals surface area contributed by atoms with Gasteiger partial charge in [-0.3, -0.25) is 19.3 Å². The lowest BCUT2D eigenvalue weighted by molar-refractivity contribution is -0.123. The number of nitrogens with zero attached hydrogens (tertiary/aromatic N) is 1. The van der Waals surface area contributed by atoms with Crippen molar-refractivity contribution in [2.45, 2.75) is 22.6 Å². The van der Waals surface area contributed by atoms with Crippen molar-refractivity contribution in [1.82, 2.24) is 4.98 Å². The largest absolute Gasteiger partial charge is 0.307 e. The smallest absolute Gasteiger partial charge is 0.305 e. The van der Waals surface area contributed by atoms with Crippen LogP contribution in [-0.4, -0.2) is 22.0 Å². The molecule has 2 aliphatic carbocycles. The Morgan fingerprint density at radius 2 is 1.69 bits per heavy atom. The van der Waals surface area contributed by atoms with Crippen molar-refractivity contribution in [2.24, 2.45) is 29.6 Å². The summed E-state index contributed by atoms with van der Waals surface area (Å²) in [6, 6.07) is 11.0. The van der Waals surface area contributed by atoms with Crippen molar-refractivity contribution in [3.63, 3.8) is 0 Å². The van der Waals surface area contributed by atoms with Crippen LogP contribution in [0, 0.1) is 35.4 Å². The van der Waals surface area contributed by atoms with Gasteiger partial charge >= 0.3 is 4.87 Å². The number of aromatic amines is 1. The molecule has 3 heterocycles. The Kier molecular flexibility index (Phi) is 4.85. The van der Waals surface area contributed by atoms with E-state index in [9.17, 15) is 18.8 Å². The van der Waals surface area contributed by atoms with E-state index in [2.05, 4.69) is 4.98 Å². The molecule has 1 saturated heterocycles. The number of hydrogen-bond donors (Lipinski definition) is 1. The van der Waals surface area contributed by atoms with Crippen molar-refractivity contribution in [2.75, 3.05) is 4.90 Å². The van der Waals surface area contributed by atoms with Gasteiger partial charge in [0, 0.05) is 16.0 Å². The third-order valence-electron chi connectivity index (χ3n) is 8.13. The topological polar surface area (TPSA) is 70.2 Å². The van der Waals surface area contributed by atoms with Gasteiger partial charge in [0.1, 0.15) is 5.82 Å². The number of amides is 2. The summed E-state index contributed by atoms with van der Waals surface area (Å²) in [5.41, 5.74) is 1.26. The summed E-state index contributed by atoms with van der Waals surface area (Å²) in [5.74, 6) is -1.88. The van der Waals surface area contributed by atoms with E-state index in [4.69, 9.17) is 23.2 Å². The first-order valence-electron chi connectivity index (χ1n) is 11.3. The Balaban J connectivity index is 1.35. The van der Waals surface area contributed by atoms with Crippen LogP contribution in [0.2, 0.25) is 10.0 Å². The van der Waals surface area contributed by atoms with Crippen LogP contribution in [0.25, 0.3) is 0 Å². The number of carbonyl (C=O) groups excluding carboxylic acids is 2.